The van der Waals surface area contributed by atoms with Crippen LogP contribution < -0.4 is 10.1 Å². The standard InChI is InChI=1S/C11H8Cl2IN3O/c1-18-9-3-2-6(4-8(9)14)16-10-7(12)5-15-11(13)17-10/h2-5H,1H3,(H,15,16,17). The second-order valence-electron chi connectivity index (χ2n) is 3.31. The van der Waals surface area contributed by atoms with Crippen molar-refractivity contribution in [2.45, 2.75) is 0 Å². The molecule has 0 spiro atoms. The highest BCUT2D eigenvalue weighted by atomic mass is 127. The minimum Gasteiger partial charge on any atom is -0.496 e. The molecule has 0 fully saturated rings. The molecule has 2 aromatic rings. The summed E-state index contributed by atoms with van der Waals surface area (Å²) in [5, 5.41) is 3.63. The minimum atomic E-state index is 0.144. The maximum absolute atomic E-state index is 5.97. The van der Waals surface area contributed by atoms with E-state index in [0.717, 1.165) is 15.0 Å². The number of halogens is 3. The molecule has 0 unspecified atom stereocenters. The summed E-state index contributed by atoms with van der Waals surface area (Å²) in [6, 6.07) is 5.65. The fraction of sp³-hybridized carbons (Fsp3) is 0.0909. The van der Waals surface area contributed by atoms with Crippen molar-refractivity contribution in [3.05, 3.63) is 38.3 Å². The summed E-state index contributed by atoms with van der Waals surface area (Å²) in [4.78, 5) is 7.80. The lowest BCUT2D eigenvalue weighted by Crippen LogP contribution is -1.97. The number of nitrogens with zero attached hydrogens (tertiary/aromatic N) is 2. The summed E-state index contributed by atoms with van der Waals surface area (Å²) >= 11 is 13.9. The molecule has 7 heteroatoms. The molecule has 0 bridgehead atoms. The van der Waals surface area contributed by atoms with Crippen LogP contribution >= 0.6 is 45.8 Å². The van der Waals surface area contributed by atoms with Crippen LogP contribution in [0.15, 0.2) is 24.4 Å². The van der Waals surface area contributed by atoms with Crippen molar-refractivity contribution in [3.8, 4) is 5.75 Å². The number of ether oxygens (including phenoxy) is 1. The lowest BCUT2D eigenvalue weighted by molar-refractivity contribution is 0.412. The zero-order valence-electron chi connectivity index (χ0n) is 9.25. The third-order valence-electron chi connectivity index (χ3n) is 2.13. The maximum atomic E-state index is 5.97. The first-order valence-electron chi connectivity index (χ1n) is 4.89. The largest absolute Gasteiger partial charge is 0.496 e. The summed E-state index contributed by atoms with van der Waals surface area (Å²) in [5.74, 6) is 1.28. The third-order valence-corrected chi connectivity index (χ3v) is 3.43. The van der Waals surface area contributed by atoms with Crippen LogP contribution in [0.5, 0.6) is 5.75 Å². The second kappa shape index (κ2) is 5.90. The molecule has 1 aromatic heterocycles. The quantitative estimate of drug-likeness (QED) is 0.626. The molecule has 1 aromatic carbocycles. The number of hydrogen-bond acceptors (Lipinski definition) is 4. The number of methoxy groups -OCH3 is 1. The van der Waals surface area contributed by atoms with Crippen molar-refractivity contribution < 1.29 is 4.74 Å². The van der Waals surface area contributed by atoms with E-state index in [1.807, 2.05) is 18.2 Å². The molecule has 0 saturated heterocycles. The van der Waals surface area contributed by atoms with Crippen LogP contribution in [0, 0.1) is 3.57 Å². The molecule has 4 nitrogen and oxygen atoms in total. The Labute approximate surface area is 128 Å². The minimum absolute atomic E-state index is 0.144. The molecule has 0 aliphatic rings. The van der Waals surface area contributed by atoms with E-state index in [1.54, 1.807) is 7.11 Å². The monoisotopic (exact) mass is 395 g/mol. The molecule has 0 amide bonds. The number of aromatic nitrogens is 2. The summed E-state index contributed by atoms with van der Waals surface area (Å²) in [5.41, 5.74) is 0.844. The Morgan fingerprint density at radius 3 is 2.78 bits per heavy atom. The van der Waals surface area contributed by atoms with Gasteiger partial charge in [-0.3, -0.25) is 0 Å². The highest BCUT2D eigenvalue weighted by Gasteiger charge is 2.06. The number of nitrogens with one attached hydrogen (secondary N) is 1. The van der Waals surface area contributed by atoms with Gasteiger partial charge >= 0.3 is 0 Å². The van der Waals surface area contributed by atoms with Gasteiger partial charge in [0.2, 0.25) is 5.28 Å². The molecular weight excluding hydrogens is 388 g/mol. The molecule has 1 N–H and O–H groups in total. The van der Waals surface area contributed by atoms with Gasteiger partial charge in [-0.05, 0) is 52.4 Å². The van der Waals surface area contributed by atoms with Crippen LogP contribution in [-0.4, -0.2) is 17.1 Å². The van der Waals surface area contributed by atoms with Crippen molar-refractivity contribution in [1.29, 1.82) is 0 Å². The van der Waals surface area contributed by atoms with Crippen molar-refractivity contribution in [2.24, 2.45) is 0 Å². The van der Waals surface area contributed by atoms with Crippen LogP contribution in [0.2, 0.25) is 10.3 Å². The van der Waals surface area contributed by atoms with Crippen LogP contribution in [0.4, 0.5) is 11.5 Å². The molecular formula is C11H8Cl2IN3O. The topological polar surface area (TPSA) is 47.0 Å². The van der Waals surface area contributed by atoms with Gasteiger partial charge in [0.15, 0.2) is 5.82 Å². The normalized spacial score (nSPS) is 10.2. The average molecular weight is 396 g/mol. The molecule has 1 heterocycles. The van der Waals surface area contributed by atoms with Crippen LogP contribution in [0.1, 0.15) is 0 Å². The maximum Gasteiger partial charge on any atom is 0.224 e. The van der Waals surface area contributed by atoms with E-state index in [4.69, 9.17) is 27.9 Å². The Morgan fingerprint density at radius 1 is 1.33 bits per heavy atom. The molecule has 0 atom stereocenters. The fourth-order valence-electron chi connectivity index (χ4n) is 1.31. The summed E-state index contributed by atoms with van der Waals surface area (Å²) in [6.07, 6.45) is 1.45. The summed E-state index contributed by atoms with van der Waals surface area (Å²) < 4.78 is 6.17. The van der Waals surface area contributed by atoms with E-state index < -0.39 is 0 Å². The molecule has 2 rings (SSSR count). The van der Waals surface area contributed by atoms with Crippen LogP contribution in [0.3, 0.4) is 0 Å². The third kappa shape index (κ3) is 3.15. The van der Waals surface area contributed by atoms with Crippen molar-refractivity contribution >= 4 is 57.3 Å². The van der Waals surface area contributed by atoms with Gasteiger partial charge in [0.25, 0.3) is 0 Å². The number of benzene rings is 1. The molecule has 94 valence electrons. The predicted molar refractivity (Wildman–Crippen MR) is 81.0 cm³/mol. The Bertz CT molecular complexity index is 580. The first-order valence-corrected chi connectivity index (χ1v) is 6.72. The van der Waals surface area contributed by atoms with Gasteiger partial charge < -0.3 is 10.1 Å². The lowest BCUT2D eigenvalue weighted by atomic mass is 10.3. The van der Waals surface area contributed by atoms with Gasteiger partial charge in [0.1, 0.15) is 10.8 Å². The SMILES string of the molecule is COc1ccc(Nc2nc(Cl)ncc2Cl)cc1I. The van der Waals surface area contributed by atoms with Crippen LogP contribution in [0.25, 0.3) is 0 Å². The Hall–Kier alpha value is -0.790. The van der Waals surface area contributed by atoms with Crippen molar-refractivity contribution in [3.63, 3.8) is 0 Å². The van der Waals surface area contributed by atoms with Gasteiger partial charge in [-0.25, -0.2) is 4.98 Å². The van der Waals surface area contributed by atoms with Gasteiger partial charge in [-0.15, -0.1) is 0 Å². The van der Waals surface area contributed by atoms with Crippen LogP contribution in [-0.2, 0) is 0 Å². The first-order chi connectivity index (χ1) is 8.60. The zero-order chi connectivity index (χ0) is 13.1. The Balaban J connectivity index is 2.28. The Kier molecular flexibility index (Phi) is 4.47. The van der Waals surface area contributed by atoms with E-state index in [0.29, 0.717) is 10.8 Å². The van der Waals surface area contributed by atoms with Crippen molar-refractivity contribution in [1.82, 2.24) is 9.97 Å². The summed E-state index contributed by atoms with van der Waals surface area (Å²) in [7, 11) is 1.63. The molecule has 0 aliphatic carbocycles. The molecule has 0 aliphatic heterocycles. The van der Waals surface area contributed by atoms with E-state index in [2.05, 4.69) is 37.9 Å². The fourth-order valence-corrected chi connectivity index (χ4v) is 2.32. The van der Waals surface area contributed by atoms with E-state index in [1.165, 1.54) is 6.20 Å². The van der Waals surface area contributed by atoms with Gasteiger partial charge in [0.05, 0.1) is 16.9 Å². The number of hydrogen-bond donors (Lipinski definition) is 1. The first kappa shape index (κ1) is 13.6. The van der Waals surface area contributed by atoms with Gasteiger partial charge in [0, 0.05) is 5.69 Å². The molecule has 0 saturated carbocycles. The smallest absolute Gasteiger partial charge is 0.224 e. The lowest BCUT2D eigenvalue weighted by Gasteiger charge is -2.09. The van der Waals surface area contributed by atoms with E-state index in [-0.39, 0.29) is 5.28 Å². The summed E-state index contributed by atoms with van der Waals surface area (Å²) in [6.45, 7) is 0. The molecule has 18 heavy (non-hydrogen) atoms. The van der Waals surface area contributed by atoms with Gasteiger partial charge in [-0.2, -0.15) is 4.98 Å². The highest BCUT2D eigenvalue weighted by molar-refractivity contribution is 14.1. The Morgan fingerprint density at radius 2 is 2.11 bits per heavy atom. The van der Waals surface area contributed by atoms with E-state index in [9.17, 15) is 0 Å². The van der Waals surface area contributed by atoms with E-state index >= 15 is 0 Å². The zero-order valence-corrected chi connectivity index (χ0v) is 12.9. The second-order valence-corrected chi connectivity index (χ2v) is 5.22. The van der Waals surface area contributed by atoms with Gasteiger partial charge in [-0.1, -0.05) is 11.6 Å². The average Bonchev–Trinajstić information content (AvgIpc) is 2.34. The predicted octanol–water partition coefficient (Wildman–Crippen LogP) is 4.14. The number of anilines is 2. The number of rotatable bonds is 3. The molecule has 0 radical (unpaired) electrons. The highest BCUT2D eigenvalue weighted by Crippen LogP contribution is 2.28. The van der Waals surface area contributed by atoms with Crippen molar-refractivity contribution in [2.75, 3.05) is 12.4 Å².